The van der Waals surface area contributed by atoms with E-state index in [1.807, 2.05) is 30.3 Å². The third-order valence-corrected chi connectivity index (χ3v) is 4.55. The molecule has 124 valence electrons. The van der Waals surface area contributed by atoms with Gasteiger partial charge in [-0.05, 0) is 0 Å². The lowest BCUT2D eigenvalue weighted by Crippen LogP contribution is -2.67. The van der Waals surface area contributed by atoms with Gasteiger partial charge in [-0.15, -0.1) is 0 Å². The zero-order chi connectivity index (χ0) is 16.0. The number of ether oxygens (including phenoxy) is 5. The molecule has 7 heteroatoms. The van der Waals surface area contributed by atoms with Crippen molar-refractivity contribution in [2.24, 2.45) is 0 Å². The summed E-state index contributed by atoms with van der Waals surface area (Å²) < 4.78 is 27.8. The Labute approximate surface area is 133 Å². The number of hydrogen-bond donors (Lipinski definition) is 1. The van der Waals surface area contributed by atoms with Gasteiger partial charge in [0, 0.05) is 12.7 Å². The van der Waals surface area contributed by atoms with E-state index in [4.69, 9.17) is 23.7 Å². The molecule has 0 bridgehead atoms. The summed E-state index contributed by atoms with van der Waals surface area (Å²) in [7, 11) is 1.44. The van der Waals surface area contributed by atoms with Crippen molar-refractivity contribution >= 4 is 5.97 Å². The van der Waals surface area contributed by atoms with Crippen LogP contribution in [-0.4, -0.2) is 55.0 Å². The van der Waals surface area contributed by atoms with Crippen molar-refractivity contribution < 1.29 is 33.6 Å². The summed E-state index contributed by atoms with van der Waals surface area (Å²) in [5.41, 5.74) is -0.650. The Kier molecular flexibility index (Phi) is 3.62. The topological polar surface area (TPSA) is 83.5 Å². The molecule has 0 amide bonds. The van der Waals surface area contributed by atoms with E-state index >= 15 is 0 Å². The van der Waals surface area contributed by atoms with Crippen LogP contribution in [0.5, 0.6) is 0 Å². The monoisotopic (exact) mass is 322 g/mol. The van der Waals surface area contributed by atoms with Gasteiger partial charge in [0.25, 0.3) is 0 Å². The Bertz CT molecular complexity index is 591. The highest BCUT2D eigenvalue weighted by Crippen LogP contribution is 2.45. The van der Waals surface area contributed by atoms with Gasteiger partial charge in [0.05, 0.1) is 13.0 Å². The SMILES string of the molecule is CO[C@H]1O[C@@H]2CO[C@@H](c3ccccc3)O[C@H]2[C@@]2(O)CC(=O)O[C@@H]12. The van der Waals surface area contributed by atoms with Crippen molar-refractivity contribution in [2.75, 3.05) is 13.7 Å². The number of hydrogen-bond acceptors (Lipinski definition) is 7. The second kappa shape index (κ2) is 5.54. The average Bonchev–Trinajstić information content (AvgIpc) is 2.90. The molecule has 0 aromatic heterocycles. The lowest BCUT2D eigenvalue weighted by molar-refractivity contribution is -0.373. The molecule has 0 spiro atoms. The van der Waals surface area contributed by atoms with Crippen LogP contribution in [0.15, 0.2) is 30.3 Å². The van der Waals surface area contributed by atoms with Crippen molar-refractivity contribution in [3.8, 4) is 0 Å². The summed E-state index contributed by atoms with van der Waals surface area (Å²) in [5, 5.41) is 11.1. The number of rotatable bonds is 2. The molecule has 3 aliphatic heterocycles. The number of carbonyl (C=O) groups excluding carboxylic acids is 1. The van der Waals surface area contributed by atoms with Crippen LogP contribution in [0.25, 0.3) is 0 Å². The van der Waals surface area contributed by atoms with Crippen LogP contribution in [0.4, 0.5) is 0 Å². The first-order valence-electron chi connectivity index (χ1n) is 7.54. The summed E-state index contributed by atoms with van der Waals surface area (Å²) in [6.07, 6.45) is -3.78. The fourth-order valence-electron chi connectivity index (χ4n) is 3.46. The van der Waals surface area contributed by atoms with Crippen molar-refractivity contribution in [2.45, 2.75) is 42.9 Å². The minimum atomic E-state index is -1.49. The van der Waals surface area contributed by atoms with E-state index in [2.05, 4.69) is 0 Å². The maximum absolute atomic E-state index is 11.7. The number of benzene rings is 1. The fraction of sp³-hybridized carbons (Fsp3) is 0.562. The Morgan fingerprint density at radius 3 is 2.74 bits per heavy atom. The predicted molar refractivity (Wildman–Crippen MR) is 75.1 cm³/mol. The van der Waals surface area contributed by atoms with E-state index in [0.717, 1.165) is 5.56 Å². The molecule has 0 radical (unpaired) electrons. The van der Waals surface area contributed by atoms with Crippen molar-refractivity contribution in [3.05, 3.63) is 35.9 Å². The van der Waals surface area contributed by atoms with Gasteiger partial charge in [-0.2, -0.15) is 0 Å². The molecular weight excluding hydrogens is 304 g/mol. The van der Waals surface area contributed by atoms with Crippen molar-refractivity contribution in [3.63, 3.8) is 0 Å². The molecule has 0 aliphatic carbocycles. The van der Waals surface area contributed by atoms with Crippen LogP contribution in [0.1, 0.15) is 18.3 Å². The molecular formula is C16H18O7. The molecule has 3 heterocycles. The lowest BCUT2D eigenvalue weighted by atomic mass is 9.82. The van der Waals surface area contributed by atoms with Gasteiger partial charge in [-0.25, -0.2) is 0 Å². The third-order valence-electron chi connectivity index (χ3n) is 4.55. The van der Waals surface area contributed by atoms with Gasteiger partial charge < -0.3 is 28.8 Å². The number of aliphatic hydroxyl groups is 1. The highest BCUT2D eigenvalue weighted by atomic mass is 16.8. The molecule has 7 nitrogen and oxygen atoms in total. The number of esters is 1. The average molecular weight is 322 g/mol. The minimum absolute atomic E-state index is 0.149. The summed E-state index contributed by atoms with van der Waals surface area (Å²) >= 11 is 0. The van der Waals surface area contributed by atoms with Crippen LogP contribution in [0.2, 0.25) is 0 Å². The molecule has 4 rings (SSSR count). The van der Waals surface area contributed by atoms with Crippen LogP contribution >= 0.6 is 0 Å². The van der Waals surface area contributed by atoms with Gasteiger partial charge in [-0.1, -0.05) is 30.3 Å². The molecule has 3 saturated heterocycles. The summed E-state index contributed by atoms with van der Waals surface area (Å²) in [6.45, 7) is 0.229. The van der Waals surface area contributed by atoms with Gasteiger partial charge in [0.2, 0.25) is 0 Å². The number of methoxy groups -OCH3 is 1. The highest BCUT2D eigenvalue weighted by Gasteiger charge is 2.65. The summed E-state index contributed by atoms with van der Waals surface area (Å²) in [4.78, 5) is 11.7. The first-order chi connectivity index (χ1) is 11.1. The lowest BCUT2D eigenvalue weighted by Gasteiger charge is -2.49. The zero-order valence-corrected chi connectivity index (χ0v) is 12.6. The molecule has 3 aliphatic rings. The quantitative estimate of drug-likeness (QED) is 0.795. The van der Waals surface area contributed by atoms with E-state index in [1.54, 1.807) is 0 Å². The van der Waals surface area contributed by atoms with Crippen molar-refractivity contribution in [1.82, 2.24) is 0 Å². The van der Waals surface area contributed by atoms with E-state index in [9.17, 15) is 9.90 Å². The zero-order valence-electron chi connectivity index (χ0n) is 12.6. The highest BCUT2D eigenvalue weighted by molar-refractivity contribution is 5.74. The van der Waals surface area contributed by atoms with E-state index in [0.29, 0.717) is 0 Å². The molecule has 23 heavy (non-hydrogen) atoms. The molecule has 1 N–H and O–H groups in total. The van der Waals surface area contributed by atoms with E-state index in [-0.39, 0.29) is 13.0 Å². The molecule has 1 aromatic rings. The third kappa shape index (κ3) is 2.36. The van der Waals surface area contributed by atoms with Crippen LogP contribution in [-0.2, 0) is 28.5 Å². The minimum Gasteiger partial charge on any atom is -0.454 e. The Hall–Kier alpha value is -1.51. The Morgan fingerprint density at radius 2 is 2.00 bits per heavy atom. The molecule has 0 saturated carbocycles. The Morgan fingerprint density at radius 1 is 1.22 bits per heavy atom. The van der Waals surface area contributed by atoms with Crippen LogP contribution in [0.3, 0.4) is 0 Å². The first kappa shape index (κ1) is 15.0. The molecule has 3 fully saturated rings. The van der Waals surface area contributed by atoms with Crippen LogP contribution in [0, 0.1) is 0 Å². The van der Waals surface area contributed by atoms with Crippen molar-refractivity contribution in [1.29, 1.82) is 0 Å². The predicted octanol–water partition coefficient (Wildman–Crippen LogP) is 0.518. The smallest absolute Gasteiger partial charge is 0.309 e. The fourth-order valence-corrected chi connectivity index (χ4v) is 3.46. The Balaban J connectivity index is 1.62. The van der Waals surface area contributed by atoms with Gasteiger partial charge in [0.1, 0.15) is 17.8 Å². The number of carbonyl (C=O) groups is 1. The second-order valence-corrected chi connectivity index (χ2v) is 5.99. The molecule has 6 atom stereocenters. The van der Waals surface area contributed by atoms with Gasteiger partial charge >= 0.3 is 5.97 Å². The van der Waals surface area contributed by atoms with Gasteiger partial charge in [-0.3, -0.25) is 4.79 Å². The maximum atomic E-state index is 11.7. The largest absolute Gasteiger partial charge is 0.454 e. The first-order valence-corrected chi connectivity index (χ1v) is 7.54. The van der Waals surface area contributed by atoms with Crippen LogP contribution < -0.4 is 0 Å². The van der Waals surface area contributed by atoms with E-state index in [1.165, 1.54) is 7.11 Å². The standard InChI is InChI=1S/C16H18O7/c1-19-15-13-16(18,7-11(17)22-13)12-10(21-15)8-20-14(23-12)9-5-3-2-4-6-9/h2-6,10,12-15,18H,7-8H2,1H3/t10-,12-,13+,14-,15+,16+/m1/s1. The molecule has 1 aromatic carbocycles. The maximum Gasteiger partial charge on any atom is 0.309 e. The normalized spacial score (nSPS) is 42.7. The summed E-state index contributed by atoms with van der Waals surface area (Å²) in [6, 6.07) is 9.42. The van der Waals surface area contributed by atoms with E-state index < -0.39 is 42.5 Å². The van der Waals surface area contributed by atoms with Gasteiger partial charge in [0.15, 0.2) is 18.7 Å². The number of fused-ring (bicyclic) bond motifs is 3. The summed E-state index contributed by atoms with van der Waals surface area (Å²) in [5.74, 6) is -0.491. The second-order valence-electron chi connectivity index (χ2n) is 5.99. The molecule has 0 unspecified atom stereocenters.